The van der Waals surface area contributed by atoms with Crippen LogP contribution in [0.3, 0.4) is 0 Å². The van der Waals surface area contributed by atoms with E-state index in [4.69, 9.17) is 4.74 Å². The van der Waals surface area contributed by atoms with Gasteiger partial charge in [-0.15, -0.1) is 0 Å². The third-order valence-corrected chi connectivity index (χ3v) is 4.22. The highest BCUT2D eigenvalue weighted by Gasteiger charge is 2.21. The second-order valence-electron chi connectivity index (χ2n) is 5.96. The molecular weight excluding hydrogens is 330 g/mol. The smallest absolute Gasteiger partial charge is 0.280 e. The fraction of sp³-hybridized carbons (Fsp3) is 0.211. The quantitative estimate of drug-likeness (QED) is 0.575. The van der Waals surface area contributed by atoms with Crippen LogP contribution in [0.15, 0.2) is 60.9 Å². The average molecular weight is 349 g/mol. The summed E-state index contributed by atoms with van der Waals surface area (Å²) in [6.07, 6.45) is 3.23. The Balaban J connectivity index is 1.62. The normalized spacial score (nSPS) is 14.2. The van der Waals surface area contributed by atoms with Crippen molar-refractivity contribution in [2.75, 3.05) is 36.5 Å². The SMILES string of the molecule is [O-][n+]1ccc(-c2ccnc(Nc3ccccc3)n2)cc1N1CCOCC1. The van der Waals surface area contributed by atoms with Crippen molar-refractivity contribution in [3.63, 3.8) is 0 Å². The molecular formula is C19H19N5O2. The number of benzene rings is 1. The van der Waals surface area contributed by atoms with Crippen LogP contribution in [0, 0.1) is 5.21 Å². The van der Waals surface area contributed by atoms with Crippen LogP contribution in [0.5, 0.6) is 0 Å². The Kier molecular flexibility index (Phi) is 4.61. The first-order valence-corrected chi connectivity index (χ1v) is 8.51. The van der Waals surface area contributed by atoms with Crippen molar-refractivity contribution in [3.8, 4) is 11.3 Å². The van der Waals surface area contributed by atoms with Crippen molar-refractivity contribution in [3.05, 3.63) is 66.1 Å². The van der Waals surface area contributed by atoms with Gasteiger partial charge in [0.1, 0.15) is 13.1 Å². The molecule has 0 bridgehead atoms. The van der Waals surface area contributed by atoms with E-state index in [1.165, 1.54) is 6.20 Å². The standard InChI is InChI=1S/C19H19N5O2/c25-24-9-7-15(14-18(24)23-10-12-26-13-11-23)17-6-8-20-19(22-17)21-16-4-2-1-3-5-16/h1-9,14H,10-13H2,(H,20,21,22). The summed E-state index contributed by atoms with van der Waals surface area (Å²) in [5, 5.41) is 15.4. The van der Waals surface area contributed by atoms with Gasteiger partial charge >= 0.3 is 0 Å². The summed E-state index contributed by atoms with van der Waals surface area (Å²) in [6.45, 7) is 2.66. The molecule has 0 aliphatic carbocycles. The minimum Gasteiger partial charge on any atom is -0.711 e. The molecule has 0 atom stereocenters. The van der Waals surface area contributed by atoms with Gasteiger partial charge in [-0.1, -0.05) is 18.2 Å². The second kappa shape index (κ2) is 7.37. The van der Waals surface area contributed by atoms with Gasteiger partial charge < -0.3 is 15.3 Å². The first-order valence-electron chi connectivity index (χ1n) is 8.51. The summed E-state index contributed by atoms with van der Waals surface area (Å²) in [4.78, 5) is 10.9. The highest BCUT2D eigenvalue weighted by molar-refractivity contribution is 5.64. The van der Waals surface area contributed by atoms with Crippen molar-refractivity contribution >= 4 is 17.5 Å². The lowest BCUT2D eigenvalue weighted by Crippen LogP contribution is -2.44. The number of rotatable bonds is 4. The van der Waals surface area contributed by atoms with Gasteiger partial charge in [-0.3, -0.25) is 4.90 Å². The van der Waals surface area contributed by atoms with Gasteiger partial charge in [-0.05, 0) is 24.3 Å². The second-order valence-corrected chi connectivity index (χ2v) is 5.96. The molecule has 0 unspecified atom stereocenters. The molecule has 26 heavy (non-hydrogen) atoms. The van der Waals surface area contributed by atoms with Crippen molar-refractivity contribution < 1.29 is 9.47 Å². The van der Waals surface area contributed by atoms with E-state index in [-0.39, 0.29) is 0 Å². The number of hydrogen-bond acceptors (Lipinski definition) is 6. The zero-order chi connectivity index (χ0) is 17.8. The van der Waals surface area contributed by atoms with E-state index < -0.39 is 0 Å². The van der Waals surface area contributed by atoms with Crippen LogP contribution in [-0.2, 0) is 4.74 Å². The molecule has 1 aliphatic rings. The molecule has 0 spiro atoms. The first kappa shape index (κ1) is 16.3. The summed E-state index contributed by atoms with van der Waals surface area (Å²) in [5.74, 6) is 1.13. The Labute approximate surface area is 151 Å². The highest BCUT2D eigenvalue weighted by atomic mass is 16.5. The van der Waals surface area contributed by atoms with Crippen LogP contribution in [0.1, 0.15) is 0 Å². The van der Waals surface area contributed by atoms with E-state index in [2.05, 4.69) is 15.3 Å². The van der Waals surface area contributed by atoms with E-state index in [1.54, 1.807) is 12.3 Å². The van der Waals surface area contributed by atoms with Gasteiger partial charge in [0.25, 0.3) is 5.82 Å². The van der Waals surface area contributed by atoms with E-state index in [0.29, 0.717) is 38.1 Å². The van der Waals surface area contributed by atoms with Crippen LogP contribution < -0.4 is 14.9 Å². The lowest BCUT2D eigenvalue weighted by Gasteiger charge is -2.24. The van der Waals surface area contributed by atoms with Gasteiger partial charge in [-0.2, -0.15) is 0 Å². The largest absolute Gasteiger partial charge is 0.711 e. The number of ether oxygens (including phenoxy) is 1. The Morgan fingerprint density at radius 3 is 2.69 bits per heavy atom. The molecule has 0 amide bonds. The van der Waals surface area contributed by atoms with Crippen molar-refractivity contribution in [2.24, 2.45) is 0 Å². The average Bonchev–Trinajstić information content (AvgIpc) is 2.70. The number of para-hydroxylation sites is 1. The molecule has 0 saturated carbocycles. The summed E-state index contributed by atoms with van der Waals surface area (Å²) in [6, 6.07) is 15.2. The lowest BCUT2D eigenvalue weighted by molar-refractivity contribution is -0.592. The Hall–Kier alpha value is -3.19. The molecule has 3 aromatic rings. The van der Waals surface area contributed by atoms with Crippen LogP contribution in [0.2, 0.25) is 0 Å². The lowest BCUT2D eigenvalue weighted by atomic mass is 10.2. The van der Waals surface area contributed by atoms with Gasteiger partial charge in [0.05, 0.1) is 25.1 Å². The molecule has 4 rings (SSSR count). The fourth-order valence-electron chi connectivity index (χ4n) is 2.89. The van der Waals surface area contributed by atoms with Crippen molar-refractivity contribution in [2.45, 2.75) is 0 Å². The predicted molar refractivity (Wildman–Crippen MR) is 99.2 cm³/mol. The van der Waals surface area contributed by atoms with Crippen LogP contribution in [0.4, 0.5) is 17.5 Å². The number of nitrogens with zero attached hydrogens (tertiary/aromatic N) is 4. The molecule has 2 aromatic heterocycles. The minimum absolute atomic E-state index is 0.514. The topological polar surface area (TPSA) is 77.2 Å². The Morgan fingerprint density at radius 1 is 1.08 bits per heavy atom. The number of anilines is 3. The minimum atomic E-state index is 0.514. The third-order valence-electron chi connectivity index (χ3n) is 4.22. The first-order chi connectivity index (χ1) is 12.8. The van der Waals surface area contributed by atoms with E-state index in [9.17, 15) is 5.21 Å². The maximum atomic E-state index is 12.2. The molecule has 1 aromatic carbocycles. The third kappa shape index (κ3) is 3.57. The molecule has 7 nitrogen and oxygen atoms in total. The number of morpholine rings is 1. The predicted octanol–water partition coefficient (Wildman–Crippen LogP) is 2.36. The number of aromatic nitrogens is 3. The highest BCUT2D eigenvalue weighted by Crippen LogP contribution is 2.22. The monoisotopic (exact) mass is 349 g/mol. The number of hydrogen-bond donors (Lipinski definition) is 1. The molecule has 1 fully saturated rings. The van der Waals surface area contributed by atoms with E-state index in [1.807, 2.05) is 47.4 Å². The van der Waals surface area contributed by atoms with Gasteiger partial charge in [0.2, 0.25) is 5.95 Å². The maximum Gasteiger partial charge on any atom is 0.280 e. The number of nitrogens with one attached hydrogen (secondary N) is 1. The summed E-state index contributed by atoms with van der Waals surface area (Å²) in [7, 11) is 0. The summed E-state index contributed by atoms with van der Waals surface area (Å²) in [5.41, 5.74) is 2.55. The van der Waals surface area contributed by atoms with Crippen LogP contribution in [-0.4, -0.2) is 36.3 Å². The summed E-state index contributed by atoms with van der Waals surface area (Å²) < 4.78 is 6.25. The van der Waals surface area contributed by atoms with E-state index in [0.717, 1.165) is 21.7 Å². The Bertz CT molecular complexity index is 882. The molecule has 0 radical (unpaired) electrons. The maximum absolute atomic E-state index is 12.2. The molecule has 3 heterocycles. The zero-order valence-electron chi connectivity index (χ0n) is 14.2. The van der Waals surface area contributed by atoms with Gasteiger partial charge in [0.15, 0.2) is 0 Å². The van der Waals surface area contributed by atoms with Gasteiger partial charge in [-0.25, -0.2) is 14.7 Å². The molecule has 132 valence electrons. The Morgan fingerprint density at radius 2 is 1.88 bits per heavy atom. The summed E-state index contributed by atoms with van der Waals surface area (Å²) >= 11 is 0. The zero-order valence-corrected chi connectivity index (χ0v) is 14.2. The molecule has 7 heteroatoms. The van der Waals surface area contributed by atoms with Crippen LogP contribution >= 0.6 is 0 Å². The fourth-order valence-corrected chi connectivity index (χ4v) is 2.89. The molecule has 1 aliphatic heterocycles. The van der Waals surface area contributed by atoms with Crippen molar-refractivity contribution in [1.82, 2.24) is 9.97 Å². The number of pyridine rings is 1. The van der Waals surface area contributed by atoms with Crippen LogP contribution in [0.25, 0.3) is 11.3 Å². The van der Waals surface area contributed by atoms with E-state index >= 15 is 0 Å². The van der Waals surface area contributed by atoms with Gasteiger partial charge in [0, 0.05) is 23.5 Å². The molecule has 1 N–H and O–H groups in total. The van der Waals surface area contributed by atoms with Crippen molar-refractivity contribution in [1.29, 1.82) is 0 Å². The molecule has 1 saturated heterocycles.